The van der Waals surface area contributed by atoms with Crippen LogP contribution >= 0.6 is 0 Å². The zero-order valence-corrected chi connectivity index (χ0v) is 7.49. The van der Waals surface area contributed by atoms with Crippen molar-refractivity contribution in [1.82, 2.24) is 0 Å². The molecule has 74 valence electrons. The number of hydrogen-bond acceptors (Lipinski definition) is 6. The van der Waals surface area contributed by atoms with Gasteiger partial charge in [-0.05, 0) is 6.92 Å². The molecule has 0 aliphatic carbocycles. The SMILES string of the molecule is CC(O)C(N)S(=O)(=O)OCCO. The van der Waals surface area contributed by atoms with Crippen molar-refractivity contribution in [1.29, 1.82) is 0 Å². The van der Waals surface area contributed by atoms with E-state index in [1.807, 2.05) is 0 Å². The quantitative estimate of drug-likeness (QED) is 0.441. The minimum atomic E-state index is -3.95. The molecule has 12 heavy (non-hydrogen) atoms. The number of nitrogens with two attached hydrogens (primary N) is 1. The molecule has 7 heteroatoms. The molecular formula is C5H13NO5S. The fraction of sp³-hybridized carbons (Fsp3) is 1.00. The van der Waals surface area contributed by atoms with Gasteiger partial charge in [0.05, 0.1) is 19.3 Å². The van der Waals surface area contributed by atoms with E-state index in [-0.39, 0.29) is 6.61 Å². The monoisotopic (exact) mass is 199 g/mol. The lowest BCUT2D eigenvalue weighted by Gasteiger charge is -2.14. The highest BCUT2D eigenvalue weighted by Crippen LogP contribution is 2.02. The topological polar surface area (TPSA) is 110 Å². The minimum absolute atomic E-state index is 0.344. The Morgan fingerprint density at radius 2 is 2.08 bits per heavy atom. The van der Waals surface area contributed by atoms with Crippen LogP contribution < -0.4 is 5.73 Å². The average Bonchev–Trinajstić information content (AvgIpc) is 1.99. The summed E-state index contributed by atoms with van der Waals surface area (Å²) in [6, 6.07) is 0. The Balaban J connectivity index is 4.21. The number of aliphatic hydroxyl groups excluding tert-OH is 2. The summed E-state index contributed by atoms with van der Waals surface area (Å²) in [6.45, 7) is 0.485. The first-order valence-corrected chi connectivity index (χ1v) is 4.81. The van der Waals surface area contributed by atoms with E-state index in [1.165, 1.54) is 6.92 Å². The second kappa shape index (κ2) is 4.73. The van der Waals surface area contributed by atoms with Crippen LogP contribution in [0.1, 0.15) is 6.92 Å². The first kappa shape index (κ1) is 11.8. The molecular weight excluding hydrogens is 186 g/mol. The maximum atomic E-state index is 10.9. The van der Waals surface area contributed by atoms with Gasteiger partial charge in [0.1, 0.15) is 0 Å². The van der Waals surface area contributed by atoms with E-state index in [9.17, 15) is 8.42 Å². The maximum absolute atomic E-state index is 10.9. The van der Waals surface area contributed by atoms with Gasteiger partial charge in [-0.15, -0.1) is 0 Å². The summed E-state index contributed by atoms with van der Waals surface area (Å²) in [4.78, 5) is 0. The fourth-order valence-electron chi connectivity index (χ4n) is 0.473. The fourth-order valence-corrected chi connectivity index (χ4v) is 1.42. The summed E-state index contributed by atoms with van der Waals surface area (Å²) in [5, 5.41) is 15.6. The number of rotatable bonds is 5. The molecule has 0 aromatic heterocycles. The van der Waals surface area contributed by atoms with Crippen molar-refractivity contribution < 1.29 is 22.8 Å². The van der Waals surface area contributed by atoms with Crippen LogP contribution in [0.5, 0.6) is 0 Å². The third-order valence-electron chi connectivity index (χ3n) is 1.15. The van der Waals surface area contributed by atoms with E-state index in [2.05, 4.69) is 4.18 Å². The summed E-state index contributed by atoms with van der Waals surface area (Å²) in [7, 11) is -3.95. The smallest absolute Gasteiger partial charge is 0.286 e. The van der Waals surface area contributed by atoms with Crippen molar-refractivity contribution in [3.8, 4) is 0 Å². The average molecular weight is 199 g/mol. The molecule has 2 unspecified atom stereocenters. The maximum Gasteiger partial charge on any atom is 0.286 e. The second-order valence-corrected chi connectivity index (χ2v) is 4.01. The van der Waals surface area contributed by atoms with E-state index >= 15 is 0 Å². The second-order valence-electron chi connectivity index (χ2n) is 2.24. The molecule has 0 saturated heterocycles. The predicted octanol–water partition coefficient (Wildman–Crippen LogP) is -2.01. The molecule has 0 aliphatic rings. The summed E-state index contributed by atoms with van der Waals surface area (Å²) in [5.74, 6) is 0. The Morgan fingerprint density at radius 3 is 2.42 bits per heavy atom. The van der Waals surface area contributed by atoms with Gasteiger partial charge in [-0.1, -0.05) is 0 Å². The minimum Gasteiger partial charge on any atom is -0.394 e. The van der Waals surface area contributed by atoms with E-state index in [4.69, 9.17) is 15.9 Å². The molecule has 0 aromatic rings. The van der Waals surface area contributed by atoms with Crippen LogP contribution in [0.3, 0.4) is 0 Å². The third kappa shape index (κ3) is 3.46. The van der Waals surface area contributed by atoms with Crippen molar-refractivity contribution in [2.75, 3.05) is 13.2 Å². The third-order valence-corrected chi connectivity index (χ3v) is 2.70. The Morgan fingerprint density at radius 1 is 1.58 bits per heavy atom. The highest BCUT2D eigenvalue weighted by Gasteiger charge is 2.26. The van der Waals surface area contributed by atoms with Gasteiger partial charge in [-0.2, -0.15) is 8.42 Å². The van der Waals surface area contributed by atoms with Crippen molar-refractivity contribution in [2.24, 2.45) is 5.73 Å². The van der Waals surface area contributed by atoms with Crippen LogP contribution in [-0.4, -0.2) is 43.3 Å². The lowest BCUT2D eigenvalue weighted by Crippen LogP contribution is -2.41. The van der Waals surface area contributed by atoms with Crippen molar-refractivity contribution in [3.63, 3.8) is 0 Å². The first-order chi connectivity index (χ1) is 5.41. The van der Waals surface area contributed by atoms with E-state index in [1.54, 1.807) is 0 Å². The van der Waals surface area contributed by atoms with Gasteiger partial charge in [0.2, 0.25) is 0 Å². The van der Waals surface area contributed by atoms with Gasteiger partial charge >= 0.3 is 0 Å². The van der Waals surface area contributed by atoms with Gasteiger partial charge in [0.15, 0.2) is 5.37 Å². The van der Waals surface area contributed by atoms with Crippen LogP contribution in [-0.2, 0) is 14.3 Å². The van der Waals surface area contributed by atoms with Crippen LogP contribution in [0.15, 0.2) is 0 Å². The highest BCUT2D eigenvalue weighted by molar-refractivity contribution is 7.87. The zero-order chi connectivity index (χ0) is 9.78. The number of aliphatic hydroxyl groups is 2. The lowest BCUT2D eigenvalue weighted by molar-refractivity contribution is 0.170. The molecule has 0 amide bonds. The molecule has 4 N–H and O–H groups in total. The molecule has 0 rings (SSSR count). The van der Waals surface area contributed by atoms with Gasteiger partial charge < -0.3 is 15.9 Å². The molecule has 0 fully saturated rings. The Bertz CT molecular complexity index is 212. The Labute approximate surface area is 71.1 Å². The van der Waals surface area contributed by atoms with Crippen molar-refractivity contribution in [3.05, 3.63) is 0 Å². The molecule has 0 radical (unpaired) electrons. The lowest BCUT2D eigenvalue weighted by atomic mass is 10.4. The zero-order valence-electron chi connectivity index (χ0n) is 6.67. The molecule has 0 aliphatic heterocycles. The molecule has 2 atom stereocenters. The molecule has 0 saturated carbocycles. The molecule has 0 spiro atoms. The summed E-state index contributed by atoms with van der Waals surface area (Å²) in [6.07, 6.45) is -1.20. The largest absolute Gasteiger partial charge is 0.394 e. The highest BCUT2D eigenvalue weighted by atomic mass is 32.2. The molecule has 0 aromatic carbocycles. The van der Waals surface area contributed by atoms with Crippen LogP contribution in [0.4, 0.5) is 0 Å². The predicted molar refractivity (Wildman–Crippen MR) is 41.6 cm³/mol. The van der Waals surface area contributed by atoms with Gasteiger partial charge in [0, 0.05) is 0 Å². The summed E-state index contributed by atoms with van der Waals surface area (Å²) < 4.78 is 26.1. The van der Waals surface area contributed by atoms with Crippen LogP contribution in [0.25, 0.3) is 0 Å². The van der Waals surface area contributed by atoms with Crippen LogP contribution in [0.2, 0.25) is 0 Å². The standard InChI is InChI=1S/C5H13NO5S/c1-4(8)5(6)12(9,10)11-3-2-7/h4-5,7-8H,2-3,6H2,1H3. The van der Waals surface area contributed by atoms with Gasteiger partial charge in [-0.25, -0.2) is 0 Å². The van der Waals surface area contributed by atoms with E-state index in [0.29, 0.717) is 0 Å². The first-order valence-electron chi connectivity index (χ1n) is 3.34. The van der Waals surface area contributed by atoms with Crippen LogP contribution in [0, 0.1) is 0 Å². The van der Waals surface area contributed by atoms with Crippen molar-refractivity contribution >= 4 is 10.1 Å². The molecule has 0 bridgehead atoms. The Hall–Kier alpha value is -0.210. The summed E-state index contributed by atoms with van der Waals surface area (Å²) >= 11 is 0. The van der Waals surface area contributed by atoms with E-state index < -0.39 is 28.2 Å². The van der Waals surface area contributed by atoms with E-state index in [0.717, 1.165) is 0 Å². The molecule has 0 heterocycles. The van der Waals surface area contributed by atoms with Crippen molar-refractivity contribution in [2.45, 2.75) is 18.4 Å². The van der Waals surface area contributed by atoms with Gasteiger partial charge in [0.25, 0.3) is 10.1 Å². The summed E-state index contributed by atoms with van der Waals surface area (Å²) in [5.41, 5.74) is 5.09. The van der Waals surface area contributed by atoms with Gasteiger partial charge in [-0.3, -0.25) is 4.18 Å². The normalized spacial score (nSPS) is 17.3. The Kier molecular flexibility index (Phi) is 4.64. The number of hydrogen-bond donors (Lipinski definition) is 3. The molecule has 6 nitrogen and oxygen atoms in total.